The molecular weight excluding hydrogens is 148 g/mol. The maximum absolute atomic E-state index is 5.47. The lowest BCUT2D eigenvalue weighted by Crippen LogP contribution is -2.25. The molecule has 0 bridgehead atoms. The molecule has 0 saturated carbocycles. The van der Waals surface area contributed by atoms with Crippen molar-refractivity contribution in [2.45, 2.75) is 32.1 Å². The van der Waals surface area contributed by atoms with Crippen LogP contribution in [0.3, 0.4) is 0 Å². The van der Waals surface area contributed by atoms with Crippen molar-refractivity contribution in [1.29, 1.82) is 0 Å². The summed E-state index contributed by atoms with van der Waals surface area (Å²) >= 11 is 0. The molecule has 0 aromatic rings. The minimum Gasteiger partial charge on any atom is -0.375 e. The molecule has 0 aliphatic carbocycles. The topological polar surface area (TPSA) is 29.3 Å². The van der Waals surface area contributed by atoms with Crippen molar-refractivity contribution in [3.8, 4) is 0 Å². The SMILES string of the molecule is C=C1CCCCCN1CCCN. The van der Waals surface area contributed by atoms with Gasteiger partial charge in [0.05, 0.1) is 0 Å². The van der Waals surface area contributed by atoms with Gasteiger partial charge in [-0.3, -0.25) is 0 Å². The van der Waals surface area contributed by atoms with Gasteiger partial charge in [-0.1, -0.05) is 13.0 Å². The van der Waals surface area contributed by atoms with E-state index in [0.717, 1.165) is 19.5 Å². The van der Waals surface area contributed by atoms with Crippen molar-refractivity contribution < 1.29 is 0 Å². The molecule has 2 heteroatoms. The zero-order valence-electron chi connectivity index (χ0n) is 7.89. The van der Waals surface area contributed by atoms with E-state index < -0.39 is 0 Å². The summed E-state index contributed by atoms with van der Waals surface area (Å²) in [5, 5.41) is 0. The average Bonchev–Trinajstić information content (AvgIpc) is 2.27. The van der Waals surface area contributed by atoms with Crippen molar-refractivity contribution in [2.24, 2.45) is 5.73 Å². The molecule has 12 heavy (non-hydrogen) atoms. The second-order valence-electron chi connectivity index (χ2n) is 3.51. The number of nitrogens with two attached hydrogens (primary N) is 1. The molecule has 0 unspecified atom stereocenters. The Balaban J connectivity index is 2.31. The fourth-order valence-corrected chi connectivity index (χ4v) is 1.68. The van der Waals surface area contributed by atoms with E-state index in [2.05, 4.69) is 11.5 Å². The molecule has 0 atom stereocenters. The molecule has 0 spiro atoms. The molecule has 1 fully saturated rings. The van der Waals surface area contributed by atoms with Crippen molar-refractivity contribution in [3.63, 3.8) is 0 Å². The van der Waals surface area contributed by atoms with E-state index in [1.165, 1.54) is 37.9 Å². The molecule has 0 aromatic heterocycles. The first kappa shape index (κ1) is 9.59. The third-order valence-corrected chi connectivity index (χ3v) is 2.47. The van der Waals surface area contributed by atoms with E-state index in [0.29, 0.717) is 0 Å². The first-order chi connectivity index (χ1) is 5.84. The average molecular weight is 168 g/mol. The number of hydrogen-bond acceptors (Lipinski definition) is 2. The normalized spacial score (nSPS) is 19.4. The fraction of sp³-hybridized carbons (Fsp3) is 0.800. The maximum Gasteiger partial charge on any atom is 0.0186 e. The summed E-state index contributed by atoms with van der Waals surface area (Å²) in [5.74, 6) is 0. The van der Waals surface area contributed by atoms with Crippen LogP contribution < -0.4 is 5.73 Å². The monoisotopic (exact) mass is 168 g/mol. The van der Waals surface area contributed by atoms with Crippen molar-refractivity contribution in [1.82, 2.24) is 4.90 Å². The largest absolute Gasteiger partial charge is 0.375 e. The summed E-state index contributed by atoms with van der Waals surface area (Å²) in [6, 6.07) is 0. The summed E-state index contributed by atoms with van der Waals surface area (Å²) in [6.45, 7) is 7.19. The van der Waals surface area contributed by atoms with Gasteiger partial charge in [-0.2, -0.15) is 0 Å². The van der Waals surface area contributed by atoms with Gasteiger partial charge in [0.2, 0.25) is 0 Å². The molecular formula is C10H20N2. The maximum atomic E-state index is 5.47. The number of allylic oxidation sites excluding steroid dienone is 1. The Hall–Kier alpha value is -0.500. The fourth-order valence-electron chi connectivity index (χ4n) is 1.68. The number of hydrogen-bond donors (Lipinski definition) is 1. The zero-order chi connectivity index (χ0) is 8.81. The van der Waals surface area contributed by atoms with E-state index >= 15 is 0 Å². The number of likely N-dealkylation sites (tertiary alicyclic amines) is 1. The van der Waals surface area contributed by atoms with E-state index in [-0.39, 0.29) is 0 Å². The molecule has 1 saturated heterocycles. The Labute approximate surface area is 75.4 Å². The summed E-state index contributed by atoms with van der Waals surface area (Å²) in [4.78, 5) is 2.40. The quantitative estimate of drug-likeness (QED) is 0.695. The van der Waals surface area contributed by atoms with Crippen LogP contribution in [0.1, 0.15) is 32.1 Å². The molecule has 0 aromatic carbocycles. The summed E-state index contributed by atoms with van der Waals surface area (Å²) in [5.41, 5.74) is 6.79. The summed E-state index contributed by atoms with van der Waals surface area (Å²) in [6.07, 6.45) is 6.28. The number of rotatable bonds is 3. The van der Waals surface area contributed by atoms with E-state index in [1.807, 2.05) is 0 Å². The molecule has 0 radical (unpaired) electrons. The zero-order valence-corrected chi connectivity index (χ0v) is 7.89. The van der Waals surface area contributed by atoms with Crippen LogP contribution in [0.5, 0.6) is 0 Å². The van der Waals surface area contributed by atoms with Crippen LogP contribution in [0.15, 0.2) is 12.3 Å². The third-order valence-electron chi connectivity index (χ3n) is 2.47. The Kier molecular flexibility index (Phi) is 4.15. The van der Waals surface area contributed by atoms with Gasteiger partial charge in [0.15, 0.2) is 0 Å². The van der Waals surface area contributed by atoms with E-state index in [1.54, 1.807) is 0 Å². The van der Waals surface area contributed by atoms with Gasteiger partial charge < -0.3 is 10.6 Å². The molecule has 1 aliphatic rings. The minimum absolute atomic E-state index is 0.795. The lowest BCUT2D eigenvalue weighted by atomic mass is 10.2. The molecule has 1 heterocycles. The Bertz CT molecular complexity index is 143. The predicted molar refractivity (Wildman–Crippen MR) is 52.9 cm³/mol. The van der Waals surface area contributed by atoms with Gasteiger partial charge in [0.1, 0.15) is 0 Å². The third kappa shape index (κ3) is 2.86. The lowest BCUT2D eigenvalue weighted by Gasteiger charge is -2.24. The second-order valence-corrected chi connectivity index (χ2v) is 3.51. The van der Waals surface area contributed by atoms with Crippen molar-refractivity contribution >= 4 is 0 Å². The molecule has 2 N–H and O–H groups in total. The van der Waals surface area contributed by atoms with Gasteiger partial charge in [-0.15, -0.1) is 0 Å². The smallest absolute Gasteiger partial charge is 0.0186 e. The lowest BCUT2D eigenvalue weighted by molar-refractivity contribution is 0.343. The minimum atomic E-state index is 0.795. The van der Waals surface area contributed by atoms with Crippen LogP contribution in [-0.4, -0.2) is 24.5 Å². The molecule has 70 valence electrons. The van der Waals surface area contributed by atoms with Crippen LogP contribution in [0.4, 0.5) is 0 Å². The molecule has 0 amide bonds. The highest BCUT2D eigenvalue weighted by Gasteiger charge is 2.09. The van der Waals surface area contributed by atoms with Crippen molar-refractivity contribution in [3.05, 3.63) is 12.3 Å². The number of nitrogens with zero attached hydrogens (tertiary/aromatic N) is 1. The van der Waals surface area contributed by atoms with Crippen LogP contribution >= 0.6 is 0 Å². The Morgan fingerprint density at radius 2 is 2.17 bits per heavy atom. The highest BCUT2D eigenvalue weighted by molar-refractivity contribution is 4.95. The summed E-state index contributed by atoms with van der Waals surface area (Å²) < 4.78 is 0. The van der Waals surface area contributed by atoms with E-state index in [9.17, 15) is 0 Å². The first-order valence-corrected chi connectivity index (χ1v) is 4.97. The van der Waals surface area contributed by atoms with Gasteiger partial charge in [0, 0.05) is 18.8 Å². The first-order valence-electron chi connectivity index (χ1n) is 4.97. The standard InChI is InChI=1S/C10H20N2/c1-10-6-3-2-4-8-12(10)9-5-7-11/h1-9,11H2. The Morgan fingerprint density at radius 1 is 1.33 bits per heavy atom. The second kappa shape index (κ2) is 5.20. The molecule has 1 rings (SSSR count). The molecule has 2 nitrogen and oxygen atoms in total. The van der Waals surface area contributed by atoms with Gasteiger partial charge in [-0.25, -0.2) is 0 Å². The van der Waals surface area contributed by atoms with Gasteiger partial charge in [0.25, 0.3) is 0 Å². The van der Waals surface area contributed by atoms with Crippen LogP contribution in [0.2, 0.25) is 0 Å². The van der Waals surface area contributed by atoms with Gasteiger partial charge in [-0.05, 0) is 32.2 Å². The molecule has 1 aliphatic heterocycles. The van der Waals surface area contributed by atoms with Crippen LogP contribution in [0.25, 0.3) is 0 Å². The van der Waals surface area contributed by atoms with Crippen LogP contribution in [-0.2, 0) is 0 Å². The van der Waals surface area contributed by atoms with Crippen LogP contribution in [0, 0.1) is 0 Å². The highest BCUT2D eigenvalue weighted by atomic mass is 15.1. The van der Waals surface area contributed by atoms with Gasteiger partial charge >= 0.3 is 0 Å². The highest BCUT2D eigenvalue weighted by Crippen LogP contribution is 2.17. The van der Waals surface area contributed by atoms with Crippen molar-refractivity contribution in [2.75, 3.05) is 19.6 Å². The summed E-state index contributed by atoms with van der Waals surface area (Å²) in [7, 11) is 0. The predicted octanol–water partition coefficient (Wildman–Crippen LogP) is 1.72. The Morgan fingerprint density at radius 3 is 2.92 bits per heavy atom. The van der Waals surface area contributed by atoms with E-state index in [4.69, 9.17) is 5.73 Å².